The van der Waals surface area contributed by atoms with Gasteiger partial charge in [-0.2, -0.15) is 0 Å². The van der Waals surface area contributed by atoms with Crippen LogP contribution in [0, 0.1) is 0 Å². The number of rotatable bonds is 4. The zero-order valence-electron chi connectivity index (χ0n) is 15.6. The summed E-state index contributed by atoms with van der Waals surface area (Å²) >= 11 is 0. The number of pyridine rings is 1. The van der Waals surface area contributed by atoms with E-state index in [0.29, 0.717) is 6.54 Å². The summed E-state index contributed by atoms with van der Waals surface area (Å²) in [7, 11) is 0. The Morgan fingerprint density at radius 1 is 1.00 bits per heavy atom. The molecule has 0 saturated carbocycles. The molecule has 0 aliphatic heterocycles. The van der Waals surface area contributed by atoms with Crippen molar-refractivity contribution in [3.63, 3.8) is 0 Å². The van der Waals surface area contributed by atoms with Crippen LogP contribution in [0.1, 0.15) is 10.4 Å². The van der Waals surface area contributed by atoms with Gasteiger partial charge in [0.2, 0.25) is 0 Å². The van der Waals surface area contributed by atoms with E-state index in [1.54, 1.807) is 21.6 Å². The standard InChI is InChI=1S/C23H17N5O/c1-2-23(29)28-21-6-4-3-5-18(21)19-13-17(7-8-22(19)28)20-15-27(26-25-20)14-16-9-11-24-12-10-16/h2-13,15H,1,14H2. The molecule has 0 amide bonds. The molecule has 0 radical (unpaired) electrons. The molecule has 0 N–H and O–H groups in total. The molecule has 140 valence electrons. The summed E-state index contributed by atoms with van der Waals surface area (Å²) in [6.45, 7) is 4.27. The molecule has 3 aromatic heterocycles. The average Bonchev–Trinajstić information content (AvgIpc) is 3.36. The third-order valence-corrected chi connectivity index (χ3v) is 5.00. The summed E-state index contributed by atoms with van der Waals surface area (Å²) in [5.74, 6) is -0.146. The lowest BCUT2D eigenvalue weighted by molar-refractivity contribution is 0.0978. The summed E-state index contributed by atoms with van der Waals surface area (Å²) in [5.41, 5.74) is 4.56. The van der Waals surface area contributed by atoms with Crippen molar-refractivity contribution in [1.29, 1.82) is 0 Å². The van der Waals surface area contributed by atoms with E-state index in [-0.39, 0.29) is 5.91 Å². The third-order valence-electron chi connectivity index (χ3n) is 5.00. The van der Waals surface area contributed by atoms with Crippen molar-refractivity contribution in [2.45, 2.75) is 6.54 Å². The molecule has 0 fully saturated rings. The Morgan fingerprint density at radius 2 is 1.79 bits per heavy atom. The van der Waals surface area contributed by atoms with E-state index in [1.165, 1.54) is 6.08 Å². The first-order valence-electron chi connectivity index (χ1n) is 9.24. The maximum absolute atomic E-state index is 12.4. The van der Waals surface area contributed by atoms with Gasteiger partial charge in [-0.15, -0.1) is 5.10 Å². The third kappa shape index (κ3) is 2.91. The lowest BCUT2D eigenvalue weighted by Gasteiger charge is -2.02. The molecule has 5 aromatic rings. The van der Waals surface area contributed by atoms with Crippen LogP contribution in [-0.4, -0.2) is 30.5 Å². The van der Waals surface area contributed by atoms with Crippen molar-refractivity contribution in [2.24, 2.45) is 0 Å². The Kier molecular flexibility index (Phi) is 4.02. The average molecular weight is 379 g/mol. The molecule has 0 saturated heterocycles. The van der Waals surface area contributed by atoms with Gasteiger partial charge in [0, 0.05) is 28.7 Å². The number of fused-ring (bicyclic) bond motifs is 3. The lowest BCUT2D eigenvalue weighted by atomic mass is 10.1. The fraction of sp³-hybridized carbons (Fsp3) is 0.0435. The number of hydrogen-bond acceptors (Lipinski definition) is 4. The molecule has 0 unspecified atom stereocenters. The Morgan fingerprint density at radius 3 is 2.62 bits per heavy atom. The number of nitrogens with zero attached hydrogens (tertiary/aromatic N) is 5. The number of allylic oxidation sites excluding steroid dienone is 1. The first kappa shape index (κ1) is 17.1. The van der Waals surface area contributed by atoms with E-state index in [2.05, 4.69) is 27.9 Å². The van der Waals surface area contributed by atoms with Crippen LogP contribution in [0.5, 0.6) is 0 Å². The summed E-state index contributed by atoms with van der Waals surface area (Å²) in [5, 5.41) is 10.6. The van der Waals surface area contributed by atoms with Crippen LogP contribution in [0.3, 0.4) is 0 Å². The summed E-state index contributed by atoms with van der Waals surface area (Å²) < 4.78 is 3.50. The molecule has 3 heterocycles. The molecular formula is C23H17N5O. The molecule has 29 heavy (non-hydrogen) atoms. The Bertz CT molecular complexity index is 1360. The van der Waals surface area contributed by atoms with Crippen LogP contribution in [0.4, 0.5) is 0 Å². The highest BCUT2D eigenvalue weighted by Crippen LogP contribution is 2.32. The maximum Gasteiger partial charge on any atom is 0.254 e. The molecule has 0 spiro atoms. The minimum atomic E-state index is -0.146. The fourth-order valence-electron chi connectivity index (χ4n) is 3.64. The van der Waals surface area contributed by atoms with E-state index in [0.717, 1.165) is 38.6 Å². The summed E-state index contributed by atoms with van der Waals surface area (Å²) in [4.78, 5) is 16.5. The van der Waals surface area contributed by atoms with Gasteiger partial charge in [-0.25, -0.2) is 4.68 Å². The second-order valence-electron chi connectivity index (χ2n) is 6.78. The predicted molar refractivity (Wildman–Crippen MR) is 113 cm³/mol. The van der Waals surface area contributed by atoms with Gasteiger partial charge in [0.05, 0.1) is 23.8 Å². The molecule has 2 aromatic carbocycles. The van der Waals surface area contributed by atoms with E-state index in [9.17, 15) is 4.79 Å². The molecular weight excluding hydrogens is 362 g/mol. The zero-order valence-corrected chi connectivity index (χ0v) is 15.6. The number of hydrogen-bond donors (Lipinski definition) is 0. The van der Waals surface area contributed by atoms with Crippen LogP contribution in [0.2, 0.25) is 0 Å². The lowest BCUT2D eigenvalue weighted by Crippen LogP contribution is -2.05. The number of carbonyl (C=O) groups excluding carboxylic acids is 1. The van der Waals surface area contributed by atoms with Gasteiger partial charge < -0.3 is 0 Å². The highest BCUT2D eigenvalue weighted by atomic mass is 16.1. The van der Waals surface area contributed by atoms with Crippen LogP contribution in [0.25, 0.3) is 33.1 Å². The fourth-order valence-corrected chi connectivity index (χ4v) is 3.64. The monoisotopic (exact) mass is 379 g/mol. The minimum absolute atomic E-state index is 0.146. The van der Waals surface area contributed by atoms with Gasteiger partial charge in [-0.1, -0.05) is 36.1 Å². The van der Waals surface area contributed by atoms with Gasteiger partial charge in [0.25, 0.3) is 5.91 Å². The molecule has 0 bridgehead atoms. The van der Waals surface area contributed by atoms with E-state index < -0.39 is 0 Å². The second kappa shape index (κ2) is 6.83. The van der Waals surface area contributed by atoms with Gasteiger partial charge >= 0.3 is 0 Å². The number of benzene rings is 2. The van der Waals surface area contributed by atoms with Gasteiger partial charge in [-0.3, -0.25) is 14.3 Å². The molecule has 6 nitrogen and oxygen atoms in total. The Hall–Kier alpha value is -4.06. The number of para-hydroxylation sites is 1. The molecule has 6 heteroatoms. The predicted octanol–water partition coefficient (Wildman–Crippen LogP) is 4.32. The van der Waals surface area contributed by atoms with Crippen LogP contribution < -0.4 is 0 Å². The number of carbonyl (C=O) groups is 1. The zero-order chi connectivity index (χ0) is 19.8. The van der Waals surface area contributed by atoms with Crippen molar-refractivity contribution in [1.82, 2.24) is 24.5 Å². The van der Waals surface area contributed by atoms with E-state index in [4.69, 9.17) is 0 Å². The van der Waals surface area contributed by atoms with Crippen molar-refractivity contribution in [3.05, 3.63) is 91.4 Å². The molecule has 5 rings (SSSR count). The number of aromatic nitrogens is 5. The summed E-state index contributed by atoms with van der Waals surface area (Å²) in [6.07, 6.45) is 6.79. The van der Waals surface area contributed by atoms with E-state index in [1.807, 2.05) is 54.7 Å². The van der Waals surface area contributed by atoms with Gasteiger partial charge in [0.15, 0.2) is 0 Å². The van der Waals surface area contributed by atoms with Crippen molar-refractivity contribution >= 4 is 27.7 Å². The Labute approximate surface area is 166 Å². The van der Waals surface area contributed by atoms with Crippen LogP contribution in [0.15, 0.2) is 85.8 Å². The SMILES string of the molecule is C=CC(=O)n1c2ccccc2c2cc(-c3cn(Cc4ccncc4)nn3)ccc21. The smallest absolute Gasteiger partial charge is 0.254 e. The van der Waals surface area contributed by atoms with Gasteiger partial charge in [0.1, 0.15) is 5.69 Å². The normalized spacial score (nSPS) is 11.2. The maximum atomic E-state index is 12.4. The molecule has 0 atom stereocenters. The molecule has 0 aliphatic carbocycles. The summed E-state index contributed by atoms with van der Waals surface area (Å²) in [6, 6.07) is 17.8. The van der Waals surface area contributed by atoms with Crippen LogP contribution in [-0.2, 0) is 6.54 Å². The van der Waals surface area contributed by atoms with Crippen molar-refractivity contribution in [2.75, 3.05) is 0 Å². The van der Waals surface area contributed by atoms with Gasteiger partial charge in [-0.05, 0) is 42.0 Å². The van der Waals surface area contributed by atoms with Crippen LogP contribution >= 0.6 is 0 Å². The highest BCUT2D eigenvalue weighted by Gasteiger charge is 2.15. The largest absolute Gasteiger partial charge is 0.276 e. The minimum Gasteiger partial charge on any atom is -0.276 e. The van der Waals surface area contributed by atoms with Crippen molar-refractivity contribution in [3.8, 4) is 11.3 Å². The second-order valence-corrected chi connectivity index (χ2v) is 6.78. The first-order valence-corrected chi connectivity index (χ1v) is 9.24. The highest BCUT2D eigenvalue weighted by molar-refractivity contribution is 6.15. The molecule has 0 aliphatic rings. The van der Waals surface area contributed by atoms with E-state index >= 15 is 0 Å². The topological polar surface area (TPSA) is 65.6 Å². The van der Waals surface area contributed by atoms with Crippen molar-refractivity contribution < 1.29 is 4.79 Å². The quantitative estimate of drug-likeness (QED) is 0.436. The first-order chi connectivity index (χ1) is 14.2. The Balaban J connectivity index is 1.60.